The molecule has 0 aliphatic rings. The summed E-state index contributed by atoms with van der Waals surface area (Å²) in [5.41, 5.74) is 2.52. The molecule has 6 heteroatoms. The second-order valence-electron chi connectivity index (χ2n) is 5.76. The van der Waals surface area contributed by atoms with Gasteiger partial charge in [-0.15, -0.1) is 0 Å². The van der Waals surface area contributed by atoms with E-state index >= 15 is 0 Å². The first-order valence-corrected chi connectivity index (χ1v) is 9.26. The summed E-state index contributed by atoms with van der Waals surface area (Å²) in [5, 5.41) is 0.156. The van der Waals surface area contributed by atoms with Crippen LogP contribution in [0, 0.1) is 0 Å². The lowest BCUT2D eigenvalue weighted by atomic mass is 10.3. The third-order valence-corrected chi connectivity index (χ3v) is 5.45. The molecule has 0 aliphatic carbocycles. The minimum Gasteiger partial charge on any atom is -0.378 e. The Morgan fingerprint density at radius 1 is 0.920 bits per heavy atom. The summed E-state index contributed by atoms with van der Waals surface area (Å²) in [6, 6.07) is 19.4. The van der Waals surface area contributed by atoms with Crippen molar-refractivity contribution in [3.8, 4) is 0 Å². The smallest absolute Gasteiger partial charge is 0.221 e. The summed E-state index contributed by atoms with van der Waals surface area (Å²) in [6.07, 6.45) is 1.62. The average Bonchev–Trinajstić information content (AvgIpc) is 3.11. The first kappa shape index (κ1) is 17.0. The van der Waals surface area contributed by atoms with Gasteiger partial charge in [-0.3, -0.25) is 4.99 Å². The molecule has 1 aromatic heterocycles. The number of H-pyrrole nitrogens is 1. The highest BCUT2D eigenvalue weighted by Gasteiger charge is 2.18. The predicted molar refractivity (Wildman–Crippen MR) is 101 cm³/mol. The molecule has 0 radical (unpaired) electrons. The van der Waals surface area contributed by atoms with Gasteiger partial charge in [-0.05, 0) is 48.5 Å². The van der Waals surface area contributed by atoms with E-state index in [1.807, 2.05) is 43.3 Å². The van der Waals surface area contributed by atoms with Gasteiger partial charge in [-0.2, -0.15) is 0 Å². The van der Waals surface area contributed by atoms with Crippen molar-refractivity contribution in [2.45, 2.75) is 9.92 Å². The van der Waals surface area contributed by atoms with Crippen LogP contribution in [0.5, 0.6) is 0 Å². The van der Waals surface area contributed by atoms with Crippen LogP contribution in [0.15, 0.2) is 81.6 Å². The van der Waals surface area contributed by atoms with Crippen molar-refractivity contribution in [3.05, 3.63) is 72.4 Å². The van der Waals surface area contributed by atoms with Crippen molar-refractivity contribution >= 4 is 27.4 Å². The molecule has 3 rings (SSSR count). The van der Waals surface area contributed by atoms with Crippen LogP contribution < -0.4 is 4.90 Å². The first-order valence-electron chi connectivity index (χ1n) is 7.77. The van der Waals surface area contributed by atoms with Crippen molar-refractivity contribution in [2.75, 3.05) is 19.0 Å². The summed E-state index contributed by atoms with van der Waals surface area (Å²) >= 11 is 0. The number of anilines is 1. The van der Waals surface area contributed by atoms with Crippen LogP contribution in [0.2, 0.25) is 0 Å². The van der Waals surface area contributed by atoms with E-state index < -0.39 is 9.84 Å². The largest absolute Gasteiger partial charge is 0.378 e. The van der Waals surface area contributed by atoms with Crippen LogP contribution in [0.25, 0.3) is 0 Å². The normalized spacial score (nSPS) is 11.8. The molecular weight excluding hydrogens is 334 g/mol. The summed E-state index contributed by atoms with van der Waals surface area (Å²) in [7, 11) is 0.417. The molecule has 0 unspecified atom stereocenters. The highest BCUT2D eigenvalue weighted by Crippen LogP contribution is 2.20. The maximum atomic E-state index is 12.5. The van der Waals surface area contributed by atoms with E-state index in [-0.39, 0.29) is 9.92 Å². The highest BCUT2D eigenvalue weighted by atomic mass is 32.2. The molecule has 2 aromatic carbocycles. The van der Waals surface area contributed by atoms with E-state index in [1.54, 1.807) is 48.7 Å². The minimum absolute atomic E-state index is 0.156. The second kappa shape index (κ2) is 6.94. The van der Waals surface area contributed by atoms with E-state index in [0.29, 0.717) is 5.69 Å². The number of nitrogens with one attached hydrogen (secondary N) is 1. The van der Waals surface area contributed by atoms with Gasteiger partial charge in [0, 0.05) is 19.8 Å². The Morgan fingerprint density at radius 2 is 1.60 bits per heavy atom. The van der Waals surface area contributed by atoms with Crippen molar-refractivity contribution < 1.29 is 8.42 Å². The standard InChI is InChI=1S/C19H19N3O2S/c1-22(2)17-11-8-15(9-12-17)20-14-16-10-13-19(21-16)25(23,24)18-6-4-3-5-7-18/h3-14,21H,1-2H3. The van der Waals surface area contributed by atoms with E-state index in [2.05, 4.69) is 9.98 Å². The fourth-order valence-corrected chi connectivity index (χ4v) is 3.60. The maximum Gasteiger partial charge on any atom is 0.221 e. The first-order chi connectivity index (χ1) is 12.0. The molecule has 0 saturated carbocycles. The fourth-order valence-electron chi connectivity index (χ4n) is 2.33. The van der Waals surface area contributed by atoms with Crippen LogP contribution >= 0.6 is 0 Å². The van der Waals surface area contributed by atoms with E-state index in [1.165, 1.54) is 0 Å². The fraction of sp³-hybridized carbons (Fsp3) is 0.105. The van der Waals surface area contributed by atoms with Gasteiger partial charge < -0.3 is 9.88 Å². The lowest BCUT2D eigenvalue weighted by Gasteiger charge is -2.11. The van der Waals surface area contributed by atoms with Crippen molar-refractivity contribution in [3.63, 3.8) is 0 Å². The molecule has 5 nitrogen and oxygen atoms in total. The van der Waals surface area contributed by atoms with Gasteiger partial charge in [0.2, 0.25) is 9.84 Å². The lowest BCUT2D eigenvalue weighted by molar-refractivity contribution is 0.593. The number of sulfone groups is 1. The van der Waals surface area contributed by atoms with Crippen LogP contribution in [-0.2, 0) is 9.84 Å². The van der Waals surface area contributed by atoms with Crippen molar-refractivity contribution in [1.82, 2.24) is 4.98 Å². The van der Waals surface area contributed by atoms with Gasteiger partial charge in [0.1, 0.15) is 5.03 Å². The Bertz CT molecular complexity index is 973. The zero-order chi connectivity index (χ0) is 17.9. The van der Waals surface area contributed by atoms with E-state index in [4.69, 9.17) is 0 Å². The Labute approximate surface area is 147 Å². The van der Waals surface area contributed by atoms with Gasteiger partial charge in [0.15, 0.2) is 0 Å². The molecule has 0 bridgehead atoms. The number of aliphatic imine (C=N–C) groups is 1. The lowest BCUT2D eigenvalue weighted by Crippen LogP contribution is -2.07. The third kappa shape index (κ3) is 3.80. The molecule has 0 spiro atoms. The molecule has 128 valence electrons. The average molecular weight is 353 g/mol. The molecule has 0 fully saturated rings. The monoisotopic (exact) mass is 353 g/mol. The number of nitrogens with zero attached hydrogens (tertiary/aromatic N) is 2. The number of benzene rings is 2. The summed E-state index contributed by atoms with van der Waals surface area (Å²) in [6.45, 7) is 0. The Hall–Kier alpha value is -2.86. The van der Waals surface area contributed by atoms with Crippen LogP contribution in [0.1, 0.15) is 5.69 Å². The van der Waals surface area contributed by atoms with Gasteiger partial charge in [-0.1, -0.05) is 18.2 Å². The Kier molecular flexibility index (Phi) is 4.72. The Morgan fingerprint density at radius 3 is 2.24 bits per heavy atom. The molecule has 0 atom stereocenters. The van der Waals surface area contributed by atoms with Gasteiger partial charge in [0.05, 0.1) is 22.5 Å². The number of hydrogen-bond acceptors (Lipinski definition) is 4. The SMILES string of the molecule is CN(C)c1ccc(N=Cc2ccc(S(=O)(=O)c3ccccc3)[nH]2)cc1. The van der Waals surface area contributed by atoms with E-state index in [0.717, 1.165) is 11.4 Å². The second-order valence-corrected chi connectivity index (χ2v) is 7.68. The number of aromatic nitrogens is 1. The number of rotatable bonds is 5. The van der Waals surface area contributed by atoms with Gasteiger partial charge >= 0.3 is 0 Å². The molecule has 1 N–H and O–H groups in total. The topological polar surface area (TPSA) is 65.5 Å². The Balaban J connectivity index is 1.80. The summed E-state index contributed by atoms with van der Waals surface area (Å²) in [5.74, 6) is 0. The predicted octanol–water partition coefficient (Wildman–Crippen LogP) is 3.66. The minimum atomic E-state index is -3.54. The summed E-state index contributed by atoms with van der Waals surface area (Å²) in [4.78, 5) is 9.56. The molecule has 1 heterocycles. The molecule has 0 saturated heterocycles. The van der Waals surface area contributed by atoms with Crippen LogP contribution in [-0.4, -0.2) is 33.7 Å². The third-order valence-electron chi connectivity index (χ3n) is 3.74. The number of aromatic amines is 1. The zero-order valence-electron chi connectivity index (χ0n) is 14.0. The quantitative estimate of drug-likeness (QED) is 0.712. The summed E-state index contributed by atoms with van der Waals surface area (Å²) < 4.78 is 25.1. The number of hydrogen-bond donors (Lipinski definition) is 1. The van der Waals surface area contributed by atoms with Gasteiger partial charge in [-0.25, -0.2) is 8.42 Å². The van der Waals surface area contributed by atoms with Crippen LogP contribution in [0.3, 0.4) is 0 Å². The molecular formula is C19H19N3O2S. The van der Waals surface area contributed by atoms with Crippen molar-refractivity contribution in [2.24, 2.45) is 4.99 Å². The van der Waals surface area contributed by atoms with Crippen LogP contribution in [0.4, 0.5) is 11.4 Å². The highest BCUT2D eigenvalue weighted by molar-refractivity contribution is 7.91. The van der Waals surface area contributed by atoms with E-state index in [9.17, 15) is 8.42 Å². The maximum absolute atomic E-state index is 12.5. The molecule has 3 aromatic rings. The molecule has 0 amide bonds. The molecule has 25 heavy (non-hydrogen) atoms. The molecule has 0 aliphatic heterocycles. The van der Waals surface area contributed by atoms with Crippen molar-refractivity contribution in [1.29, 1.82) is 0 Å². The zero-order valence-corrected chi connectivity index (χ0v) is 14.9. The van der Waals surface area contributed by atoms with Gasteiger partial charge in [0.25, 0.3) is 0 Å².